The van der Waals surface area contributed by atoms with E-state index in [2.05, 4.69) is 27.3 Å². The number of anilines is 2. The van der Waals surface area contributed by atoms with Gasteiger partial charge in [0.05, 0.1) is 18.5 Å². The van der Waals surface area contributed by atoms with Crippen molar-refractivity contribution in [3.8, 4) is 0 Å². The Morgan fingerprint density at radius 1 is 1.08 bits per heavy atom. The molecule has 2 heterocycles. The zero-order chi connectivity index (χ0) is 18.0. The topological polar surface area (TPSA) is 54.5 Å². The van der Waals surface area contributed by atoms with Gasteiger partial charge >= 0.3 is 0 Å². The number of amides is 1. The van der Waals surface area contributed by atoms with Crippen molar-refractivity contribution in [3.05, 3.63) is 54.2 Å². The molecule has 1 fully saturated rings. The van der Waals surface area contributed by atoms with Crippen molar-refractivity contribution in [2.45, 2.75) is 32.1 Å². The van der Waals surface area contributed by atoms with Crippen molar-refractivity contribution in [2.75, 3.05) is 36.5 Å². The summed E-state index contributed by atoms with van der Waals surface area (Å²) in [6.07, 6.45) is 6.28. The lowest BCUT2D eigenvalue weighted by Gasteiger charge is -2.16. The first kappa shape index (κ1) is 18.4. The molecule has 1 saturated heterocycles. The van der Waals surface area contributed by atoms with E-state index < -0.39 is 0 Å². The second-order valence-corrected chi connectivity index (χ2v) is 6.60. The number of benzene rings is 1. The molecule has 0 unspecified atom stereocenters. The summed E-state index contributed by atoms with van der Waals surface area (Å²) in [5, 5.41) is 2.90. The largest absolute Gasteiger partial charge is 0.381 e. The van der Waals surface area contributed by atoms with Crippen molar-refractivity contribution in [2.24, 2.45) is 0 Å². The fraction of sp³-hybridized carbons (Fsp3) is 0.429. The van der Waals surface area contributed by atoms with Gasteiger partial charge in [0.1, 0.15) is 5.82 Å². The maximum Gasteiger partial charge on any atom is 0.224 e. The van der Waals surface area contributed by atoms with Gasteiger partial charge in [0.2, 0.25) is 5.91 Å². The smallest absolute Gasteiger partial charge is 0.224 e. The second kappa shape index (κ2) is 9.92. The van der Waals surface area contributed by atoms with Crippen LogP contribution in [0, 0.1) is 0 Å². The Hall–Kier alpha value is -2.40. The van der Waals surface area contributed by atoms with E-state index in [9.17, 15) is 4.79 Å². The normalized spacial score (nSPS) is 13.8. The second-order valence-electron chi connectivity index (χ2n) is 6.60. The van der Waals surface area contributed by atoms with Crippen molar-refractivity contribution < 1.29 is 9.53 Å². The van der Waals surface area contributed by atoms with E-state index in [1.807, 2.05) is 30.3 Å². The van der Waals surface area contributed by atoms with Crippen molar-refractivity contribution in [1.82, 2.24) is 4.98 Å². The van der Waals surface area contributed by atoms with E-state index in [0.29, 0.717) is 19.6 Å². The number of pyridine rings is 1. The number of nitrogens with one attached hydrogen (secondary N) is 1. The molecular weight excluding hydrogens is 326 g/mol. The Morgan fingerprint density at radius 2 is 1.88 bits per heavy atom. The predicted molar refractivity (Wildman–Crippen MR) is 105 cm³/mol. The number of aromatic nitrogens is 1. The molecule has 3 rings (SSSR count). The molecule has 0 atom stereocenters. The van der Waals surface area contributed by atoms with Crippen LogP contribution in [0.1, 0.15) is 31.2 Å². The molecule has 0 bridgehead atoms. The lowest BCUT2D eigenvalue weighted by atomic mass is 10.2. The molecule has 2 aromatic rings. The van der Waals surface area contributed by atoms with Gasteiger partial charge in [-0.1, -0.05) is 30.3 Å². The molecule has 5 heteroatoms. The zero-order valence-electron chi connectivity index (χ0n) is 15.2. The van der Waals surface area contributed by atoms with Crippen LogP contribution in [0.3, 0.4) is 0 Å². The molecule has 1 aromatic heterocycles. The molecule has 1 aromatic carbocycles. The Bertz CT molecular complexity index is 667. The van der Waals surface area contributed by atoms with Gasteiger partial charge in [0, 0.05) is 26.1 Å². The number of nitrogens with zero attached hydrogens (tertiary/aromatic N) is 2. The SMILES string of the molecule is O=C(CCCOCCc1ccccc1)Nc1ccc(N2CCCC2)nc1. The van der Waals surface area contributed by atoms with Gasteiger partial charge in [-0.2, -0.15) is 0 Å². The summed E-state index contributed by atoms with van der Waals surface area (Å²) in [5.74, 6) is 1.000. The number of carbonyl (C=O) groups is 1. The lowest BCUT2D eigenvalue weighted by Crippen LogP contribution is -2.19. The highest BCUT2D eigenvalue weighted by Crippen LogP contribution is 2.19. The molecule has 138 valence electrons. The third-order valence-corrected chi connectivity index (χ3v) is 4.53. The zero-order valence-corrected chi connectivity index (χ0v) is 15.2. The van der Waals surface area contributed by atoms with Crippen LogP contribution in [-0.2, 0) is 16.0 Å². The van der Waals surface area contributed by atoms with Gasteiger partial charge in [-0.15, -0.1) is 0 Å². The Morgan fingerprint density at radius 3 is 2.62 bits per heavy atom. The minimum absolute atomic E-state index is 0.00684. The summed E-state index contributed by atoms with van der Waals surface area (Å²) in [6.45, 7) is 3.44. The molecule has 5 nitrogen and oxygen atoms in total. The summed E-state index contributed by atoms with van der Waals surface area (Å²) >= 11 is 0. The van der Waals surface area contributed by atoms with Crippen molar-refractivity contribution in [1.29, 1.82) is 0 Å². The fourth-order valence-electron chi connectivity index (χ4n) is 3.09. The van der Waals surface area contributed by atoms with Crippen LogP contribution in [0.5, 0.6) is 0 Å². The molecule has 1 N–H and O–H groups in total. The Labute approximate surface area is 155 Å². The number of rotatable bonds is 9. The Balaban J connectivity index is 1.29. The highest BCUT2D eigenvalue weighted by atomic mass is 16.5. The van der Waals surface area contributed by atoms with E-state index >= 15 is 0 Å². The van der Waals surface area contributed by atoms with Gasteiger partial charge in [0.15, 0.2) is 0 Å². The third kappa shape index (κ3) is 5.85. The highest BCUT2D eigenvalue weighted by Gasteiger charge is 2.13. The maximum absolute atomic E-state index is 12.0. The van der Waals surface area contributed by atoms with Crippen LogP contribution in [0.15, 0.2) is 48.7 Å². The molecular formula is C21H27N3O2. The van der Waals surface area contributed by atoms with E-state index in [4.69, 9.17) is 4.74 Å². The highest BCUT2D eigenvalue weighted by molar-refractivity contribution is 5.90. The van der Waals surface area contributed by atoms with Crippen LogP contribution in [-0.4, -0.2) is 37.2 Å². The van der Waals surface area contributed by atoms with E-state index in [0.717, 1.165) is 37.4 Å². The molecule has 1 amide bonds. The van der Waals surface area contributed by atoms with Crippen LogP contribution in [0.4, 0.5) is 11.5 Å². The number of hydrogen-bond acceptors (Lipinski definition) is 4. The van der Waals surface area contributed by atoms with E-state index in [1.165, 1.54) is 18.4 Å². The molecule has 1 aliphatic heterocycles. The van der Waals surface area contributed by atoms with Crippen LogP contribution >= 0.6 is 0 Å². The van der Waals surface area contributed by atoms with Crippen LogP contribution < -0.4 is 10.2 Å². The standard InChI is InChI=1S/C21H27N3O2/c25-21(9-6-15-26-16-12-18-7-2-1-3-8-18)23-19-10-11-20(22-17-19)24-13-4-5-14-24/h1-3,7-8,10-11,17H,4-6,9,12-16H2,(H,23,25). The minimum atomic E-state index is 0.00684. The van der Waals surface area contributed by atoms with E-state index in [-0.39, 0.29) is 5.91 Å². The van der Waals surface area contributed by atoms with Gasteiger partial charge in [-0.05, 0) is 43.4 Å². The Kier molecular flexibility index (Phi) is 7.02. The third-order valence-electron chi connectivity index (χ3n) is 4.53. The summed E-state index contributed by atoms with van der Waals surface area (Å²) in [5.41, 5.74) is 2.03. The first-order chi connectivity index (χ1) is 12.8. The molecule has 26 heavy (non-hydrogen) atoms. The van der Waals surface area contributed by atoms with Gasteiger partial charge in [0.25, 0.3) is 0 Å². The maximum atomic E-state index is 12.0. The fourth-order valence-corrected chi connectivity index (χ4v) is 3.09. The average Bonchev–Trinajstić information content (AvgIpc) is 3.21. The van der Waals surface area contributed by atoms with Gasteiger partial charge in [-0.25, -0.2) is 4.98 Å². The molecule has 1 aliphatic rings. The first-order valence-electron chi connectivity index (χ1n) is 9.44. The lowest BCUT2D eigenvalue weighted by molar-refractivity contribution is -0.116. The number of ether oxygens (including phenoxy) is 1. The quantitative estimate of drug-likeness (QED) is 0.699. The minimum Gasteiger partial charge on any atom is -0.381 e. The van der Waals surface area contributed by atoms with Gasteiger partial charge in [-0.3, -0.25) is 4.79 Å². The van der Waals surface area contributed by atoms with Crippen molar-refractivity contribution >= 4 is 17.4 Å². The summed E-state index contributed by atoms with van der Waals surface area (Å²) in [4.78, 5) is 18.7. The molecule has 0 radical (unpaired) electrons. The summed E-state index contributed by atoms with van der Waals surface area (Å²) in [6, 6.07) is 14.2. The number of carbonyl (C=O) groups excluding carboxylic acids is 1. The first-order valence-corrected chi connectivity index (χ1v) is 9.44. The summed E-state index contributed by atoms with van der Waals surface area (Å²) in [7, 11) is 0. The van der Waals surface area contributed by atoms with Crippen LogP contribution in [0.25, 0.3) is 0 Å². The summed E-state index contributed by atoms with van der Waals surface area (Å²) < 4.78 is 5.61. The van der Waals surface area contributed by atoms with Crippen LogP contribution in [0.2, 0.25) is 0 Å². The van der Waals surface area contributed by atoms with E-state index in [1.54, 1.807) is 6.20 Å². The van der Waals surface area contributed by atoms with Crippen molar-refractivity contribution in [3.63, 3.8) is 0 Å². The monoisotopic (exact) mass is 353 g/mol. The molecule has 0 saturated carbocycles. The molecule has 0 aliphatic carbocycles. The number of hydrogen-bond donors (Lipinski definition) is 1. The molecule has 0 spiro atoms. The average molecular weight is 353 g/mol. The van der Waals surface area contributed by atoms with Gasteiger partial charge < -0.3 is 15.0 Å². The predicted octanol–water partition coefficient (Wildman–Crippen LogP) is 3.66.